The number of hydrogen-bond acceptors (Lipinski definition) is 5. The van der Waals surface area contributed by atoms with Crippen LogP contribution in [0.1, 0.15) is 21.8 Å². The molecule has 0 N–H and O–H groups in total. The van der Waals surface area contributed by atoms with Crippen molar-refractivity contribution in [3.63, 3.8) is 0 Å². The number of nitrogens with zero attached hydrogens (tertiary/aromatic N) is 3. The van der Waals surface area contributed by atoms with E-state index in [2.05, 4.69) is 15.1 Å². The minimum atomic E-state index is -0.0528. The Balaban J connectivity index is 1.78. The number of aryl methyl sites for hydroxylation is 1. The number of aromatic nitrogens is 3. The summed E-state index contributed by atoms with van der Waals surface area (Å²) in [5.41, 5.74) is 2.33. The van der Waals surface area contributed by atoms with Crippen LogP contribution in [0.15, 0.2) is 53.2 Å². The van der Waals surface area contributed by atoms with Crippen molar-refractivity contribution in [1.82, 2.24) is 15.1 Å². The number of rotatable bonds is 4. The maximum absolute atomic E-state index is 12.1. The molecule has 0 aliphatic carbocycles. The van der Waals surface area contributed by atoms with E-state index in [9.17, 15) is 4.79 Å². The van der Waals surface area contributed by atoms with Crippen LogP contribution >= 0.6 is 0 Å². The molecule has 0 radical (unpaired) electrons. The highest BCUT2D eigenvalue weighted by Crippen LogP contribution is 2.15. The Morgan fingerprint density at radius 3 is 2.76 bits per heavy atom. The topological polar surface area (TPSA) is 68.9 Å². The average Bonchev–Trinajstić information content (AvgIpc) is 2.97. The molecular weight excluding hydrogens is 266 g/mol. The van der Waals surface area contributed by atoms with Crippen LogP contribution in [0.2, 0.25) is 0 Å². The SMILES string of the molecule is Cc1ccnc(-c2noc(CC(=O)c3ccccc3)n2)c1. The second kappa shape index (κ2) is 5.66. The number of pyridine rings is 1. The lowest BCUT2D eigenvalue weighted by atomic mass is 10.1. The molecule has 0 amide bonds. The van der Waals surface area contributed by atoms with Crippen LogP contribution in [0, 0.1) is 6.92 Å². The summed E-state index contributed by atoms with van der Waals surface area (Å²) in [5.74, 6) is 0.639. The molecule has 2 heterocycles. The van der Waals surface area contributed by atoms with Gasteiger partial charge in [0, 0.05) is 11.8 Å². The highest BCUT2D eigenvalue weighted by atomic mass is 16.5. The van der Waals surface area contributed by atoms with E-state index in [1.54, 1.807) is 18.3 Å². The number of hydrogen-bond donors (Lipinski definition) is 0. The van der Waals surface area contributed by atoms with Crippen molar-refractivity contribution in [2.45, 2.75) is 13.3 Å². The molecule has 21 heavy (non-hydrogen) atoms. The highest BCUT2D eigenvalue weighted by molar-refractivity contribution is 5.96. The lowest BCUT2D eigenvalue weighted by Gasteiger charge is -1.96. The summed E-state index contributed by atoms with van der Waals surface area (Å²) in [6.45, 7) is 1.96. The van der Waals surface area contributed by atoms with Gasteiger partial charge in [-0.15, -0.1) is 0 Å². The van der Waals surface area contributed by atoms with Crippen LogP contribution in [0.3, 0.4) is 0 Å². The Morgan fingerprint density at radius 2 is 2.00 bits per heavy atom. The van der Waals surface area contributed by atoms with Gasteiger partial charge < -0.3 is 4.52 Å². The third kappa shape index (κ3) is 3.02. The minimum Gasteiger partial charge on any atom is -0.338 e. The van der Waals surface area contributed by atoms with Gasteiger partial charge in [0.1, 0.15) is 5.69 Å². The number of Topliss-reactive ketones (excluding diaryl/α,β-unsaturated/α-hetero) is 1. The van der Waals surface area contributed by atoms with Crippen LogP contribution in [-0.2, 0) is 6.42 Å². The Hall–Kier alpha value is -2.82. The monoisotopic (exact) mass is 279 g/mol. The van der Waals surface area contributed by atoms with Crippen molar-refractivity contribution in [1.29, 1.82) is 0 Å². The second-order valence-corrected chi connectivity index (χ2v) is 4.70. The molecule has 104 valence electrons. The quantitative estimate of drug-likeness (QED) is 0.687. The van der Waals surface area contributed by atoms with Gasteiger partial charge in [-0.1, -0.05) is 35.5 Å². The van der Waals surface area contributed by atoms with E-state index in [4.69, 9.17) is 4.52 Å². The zero-order valence-electron chi connectivity index (χ0n) is 11.5. The van der Waals surface area contributed by atoms with Gasteiger partial charge in [-0.05, 0) is 24.6 Å². The summed E-state index contributed by atoms with van der Waals surface area (Å²) in [6.07, 6.45) is 1.78. The molecule has 0 saturated heterocycles. The fraction of sp³-hybridized carbons (Fsp3) is 0.125. The first-order chi connectivity index (χ1) is 10.2. The Morgan fingerprint density at radius 1 is 1.19 bits per heavy atom. The van der Waals surface area contributed by atoms with Gasteiger partial charge in [-0.25, -0.2) is 0 Å². The predicted molar refractivity (Wildman–Crippen MR) is 76.7 cm³/mol. The first-order valence-corrected chi connectivity index (χ1v) is 6.56. The zero-order chi connectivity index (χ0) is 14.7. The molecule has 0 spiro atoms. The first-order valence-electron chi connectivity index (χ1n) is 6.56. The van der Waals surface area contributed by atoms with Crippen molar-refractivity contribution >= 4 is 5.78 Å². The van der Waals surface area contributed by atoms with E-state index >= 15 is 0 Å². The Labute approximate surface area is 121 Å². The van der Waals surface area contributed by atoms with Gasteiger partial charge in [0.15, 0.2) is 5.78 Å². The third-order valence-electron chi connectivity index (χ3n) is 3.02. The van der Waals surface area contributed by atoms with Gasteiger partial charge in [-0.3, -0.25) is 9.78 Å². The van der Waals surface area contributed by atoms with Gasteiger partial charge >= 0.3 is 0 Å². The number of carbonyl (C=O) groups excluding carboxylic acids is 1. The number of carbonyl (C=O) groups is 1. The summed E-state index contributed by atoms with van der Waals surface area (Å²) >= 11 is 0. The second-order valence-electron chi connectivity index (χ2n) is 4.70. The van der Waals surface area contributed by atoms with E-state index in [1.165, 1.54) is 0 Å². The molecule has 0 aliphatic rings. The number of ketones is 1. The molecule has 5 nitrogen and oxygen atoms in total. The molecule has 2 aromatic heterocycles. The molecule has 3 aromatic rings. The summed E-state index contributed by atoms with van der Waals surface area (Å²) in [7, 11) is 0. The molecule has 5 heteroatoms. The molecule has 3 rings (SSSR count). The lowest BCUT2D eigenvalue weighted by Crippen LogP contribution is -2.03. The van der Waals surface area contributed by atoms with Crippen LogP contribution in [0.4, 0.5) is 0 Å². The third-order valence-corrected chi connectivity index (χ3v) is 3.02. The maximum atomic E-state index is 12.1. The van der Waals surface area contributed by atoms with E-state index in [0.717, 1.165) is 5.56 Å². The Kier molecular flexibility index (Phi) is 3.55. The molecule has 0 saturated carbocycles. The van der Waals surface area contributed by atoms with Crippen molar-refractivity contribution in [2.24, 2.45) is 0 Å². The van der Waals surface area contributed by atoms with E-state index < -0.39 is 0 Å². The standard InChI is InChI=1S/C16H13N3O2/c1-11-7-8-17-13(9-11)16-18-15(21-19-16)10-14(20)12-5-3-2-4-6-12/h2-9H,10H2,1H3. The zero-order valence-corrected chi connectivity index (χ0v) is 11.5. The van der Waals surface area contributed by atoms with Gasteiger partial charge in [0.05, 0.1) is 6.42 Å². The minimum absolute atomic E-state index is 0.0528. The average molecular weight is 279 g/mol. The van der Waals surface area contributed by atoms with Crippen molar-refractivity contribution in [3.8, 4) is 11.5 Å². The smallest absolute Gasteiger partial charge is 0.234 e. The fourth-order valence-electron chi connectivity index (χ4n) is 1.95. The predicted octanol–water partition coefficient (Wildman–Crippen LogP) is 2.87. The molecule has 0 atom stereocenters. The van der Waals surface area contributed by atoms with Crippen LogP contribution < -0.4 is 0 Å². The molecule has 1 aromatic carbocycles. The largest absolute Gasteiger partial charge is 0.338 e. The Bertz CT molecular complexity index is 766. The molecule has 0 aliphatic heterocycles. The molecule has 0 bridgehead atoms. The van der Waals surface area contributed by atoms with Crippen LogP contribution in [0.5, 0.6) is 0 Å². The normalized spacial score (nSPS) is 10.5. The van der Waals surface area contributed by atoms with Crippen LogP contribution in [0.25, 0.3) is 11.5 Å². The van der Waals surface area contributed by atoms with Gasteiger partial charge in [0.2, 0.25) is 11.7 Å². The van der Waals surface area contributed by atoms with Crippen molar-refractivity contribution in [2.75, 3.05) is 0 Å². The maximum Gasteiger partial charge on any atom is 0.234 e. The van der Waals surface area contributed by atoms with Crippen molar-refractivity contribution in [3.05, 3.63) is 65.7 Å². The molecule has 0 fully saturated rings. The highest BCUT2D eigenvalue weighted by Gasteiger charge is 2.14. The van der Waals surface area contributed by atoms with Crippen LogP contribution in [-0.4, -0.2) is 20.9 Å². The molecular formula is C16H13N3O2. The lowest BCUT2D eigenvalue weighted by molar-refractivity contribution is 0.0983. The number of benzene rings is 1. The van der Waals surface area contributed by atoms with Crippen molar-refractivity contribution < 1.29 is 9.32 Å². The van der Waals surface area contributed by atoms with E-state index in [0.29, 0.717) is 23.0 Å². The van der Waals surface area contributed by atoms with E-state index in [1.807, 2.05) is 37.3 Å². The van der Waals surface area contributed by atoms with E-state index in [-0.39, 0.29) is 12.2 Å². The summed E-state index contributed by atoms with van der Waals surface area (Å²) in [5, 5.41) is 3.87. The fourth-order valence-corrected chi connectivity index (χ4v) is 1.95. The van der Waals surface area contributed by atoms with Gasteiger partial charge in [0.25, 0.3) is 0 Å². The first kappa shape index (κ1) is 13.2. The summed E-state index contributed by atoms with van der Waals surface area (Å²) in [6, 6.07) is 12.8. The molecule has 0 unspecified atom stereocenters. The van der Waals surface area contributed by atoms with Gasteiger partial charge in [-0.2, -0.15) is 4.98 Å². The summed E-state index contributed by atoms with van der Waals surface area (Å²) < 4.78 is 5.13. The summed E-state index contributed by atoms with van der Waals surface area (Å²) in [4.78, 5) is 20.5.